The molecule has 0 aliphatic carbocycles. The first-order valence-corrected chi connectivity index (χ1v) is 8.36. The van der Waals surface area contributed by atoms with Crippen LogP contribution in [0.15, 0.2) is 6.33 Å². The van der Waals surface area contributed by atoms with E-state index in [1.54, 1.807) is 6.33 Å². The number of carbonyl (C=O) groups is 1. The lowest BCUT2D eigenvalue weighted by Crippen LogP contribution is -2.49. The molecule has 122 valence electrons. The number of likely N-dealkylation sites (tertiary alicyclic amines) is 1. The van der Waals surface area contributed by atoms with Gasteiger partial charge in [-0.1, -0.05) is 20.8 Å². The van der Waals surface area contributed by atoms with Crippen LogP contribution in [0.4, 0.5) is 4.79 Å². The molecule has 0 saturated carbocycles. The molecule has 1 N–H and O–H groups in total. The molecule has 6 heteroatoms. The fourth-order valence-electron chi connectivity index (χ4n) is 3.64. The summed E-state index contributed by atoms with van der Waals surface area (Å²) in [5.74, 6) is 1.03. The molecule has 0 spiro atoms. The van der Waals surface area contributed by atoms with Gasteiger partial charge in [0.2, 0.25) is 0 Å². The second kappa shape index (κ2) is 5.89. The Morgan fingerprint density at radius 1 is 1.41 bits per heavy atom. The summed E-state index contributed by atoms with van der Waals surface area (Å²) in [5, 5.41) is 7.42. The maximum absolute atomic E-state index is 12.6. The molecular formula is C16H27N5O. The SMILES string of the molecule is CC(C)(C)CC1CCCN1C(=O)NC1CCc2ncnn2C1. The Balaban J connectivity index is 1.58. The molecule has 1 fully saturated rings. The maximum Gasteiger partial charge on any atom is 0.317 e. The topological polar surface area (TPSA) is 63.1 Å². The van der Waals surface area contributed by atoms with Crippen molar-refractivity contribution < 1.29 is 4.79 Å². The third-order valence-electron chi connectivity index (χ3n) is 4.62. The Bertz CT molecular complexity index is 533. The van der Waals surface area contributed by atoms with E-state index in [-0.39, 0.29) is 17.5 Å². The van der Waals surface area contributed by atoms with E-state index in [1.807, 2.05) is 9.58 Å². The quantitative estimate of drug-likeness (QED) is 0.911. The Morgan fingerprint density at radius 2 is 2.23 bits per heavy atom. The van der Waals surface area contributed by atoms with E-state index < -0.39 is 0 Å². The van der Waals surface area contributed by atoms with Crippen LogP contribution in [0.1, 0.15) is 52.3 Å². The number of rotatable bonds is 2. The molecule has 1 saturated heterocycles. The zero-order valence-corrected chi connectivity index (χ0v) is 13.9. The zero-order chi connectivity index (χ0) is 15.7. The van der Waals surface area contributed by atoms with E-state index in [0.717, 1.165) is 51.0 Å². The van der Waals surface area contributed by atoms with Crippen molar-refractivity contribution in [3.63, 3.8) is 0 Å². The summed E-state index contributed by atoms with van der Waals surface area (Å²) in [4.78, 5) is 18.9. The van der Waals surface area contributed by atoms with E-state index in [1.165, 1.54) is 0 Å². The molecule has 3 heterocycles. The molecule has 6 nitrogen and oxygen atoms in total. The standard InChI is InChI=1S/C16H27N5O/c1-16(2,3)9-13-5-4-8-20(13)15(22)19-12-6-7-14-17-11-18-21(14)10-12/h11-13H,4-10H2,1-3H3,(H,19,22). The zero-order valence-electron chi connectivity index (χ0n) is 13.9. The minimum absolute atomic E-state index is 0.0975. The highest BCUT2D eigenvalue weighted by atomic mass is 16.2. The second-order valence-corrected chi connectivity index (χ2v) is 7.80. The van der Waals surface area contributed by atoms with Crippen molar-refractivity contribution in [2.75, 3.05) is 6.54 Å². The summed E-state index contributed by atoms with van der Waals surface area (Å²) in [6.45, 7) is 8.35. The number of aryl methyl sites for hydroxylation is 1. The van der Waals surface area contributed by atoms with Gasteiger partial charge in [-0.2, -0.15) is 5.10 Å². The van der Waals surface area contributed by atoms with Crippen LogP contribution in [0.25, 0.3) is 0 Å². The first kappa shape index (κ1) is 15.3. The largest absolute Gasteiger partial charge is 0.333 e. The number of hydrogen-bond acceptors (Lipinski definition) is 3. The molecule has 0 radical (unpaired) electrons. The highest BCUT2D eigenvalue weighted by Gasteiger charge is 2.33. The average Bonchev–Trinajstić information content (AvgIpc) is 3.04. The fraction of sp³-hybridized carbons (Fsp3) is 0.812. The highest BCUT2D eigenvalue weighted by molar-refractivity contribution is 5.75. The van der Waals surface area contributed by atoms with E-state index in [2.05, 4.69) is 36.2 Å². The second-order valence-electron chi connectivity index (χ2n) is 7.80. The van der Waals surface area contributed by atoms with Crippen LogP contribution in [0.5, 0.6) is 0 Å². The fourth-order valence-corrected chi connectivity index (χ4v) is 3.64. The van der Waals surface area contributed by atoms with Gasteiger partial charge in [-0.15, -0.1) is 0 Å². The predicted octanol–water partition coefficient (Wildman–Crippen LogP) is 2.20. The van der Waals surface area contributed by atoms with Crippen LogP contribution in [0.3, 0.4) is 0 Å². The van der Waals surface area contributed by atoms with Crippen LogP contribution in [-0.4, -0.2) is 44.3 Å². The number of carbonyl (C=O) groups excluding carboxylic acids is 1. The van der Waals surface area contributed by atoms with Crippen LogP contribution in [-0.2, 0) is 13.0 Å². The predicted molar refractivity (Wildman–Crippen MR) is 84.5 cm³/mol. The summed E-state index contributed by atoms with van der Waals surface area (Å²) in [6, 6.07) is 0.642. The number of nitrogens with one attached hydrogen (secondary N) is 1. The van der Waals surface area contributed by atoms with Gasteiger partial charge in [-0.05, 0) is 31.1 Å². The van der Waals surface area contributed by atoms with E-state index >= 15 is 0 Å². The Labute approximate surface area is 132 Å². The molecule has 2 atom stereocenters. The number of urea groups is 1. The summed E-state index contributed by atoms with van der Waals surface area (Å²) < 4.78 is 1.91. The Morgan fingerprint density at radius 3 is 3.00 bits per heavy atom. The van der Waals surface area contributed by atoms with Gasteiger partial charge in [0.1, 0.15) is 12.2 Å². The summed E-state index contributed by atoms with van der Waals surface area (Å²) in [5.41, 5.74) is 0.258. The Hall–Kier alpha value is -1.59. The van der Waals surface area contributed by atoms with E-state index in [0.29, 0.717) is 6.04 Å². The van der Waals surface area contributed by atoms with Crippen molar-refractivity contribution in [2.24, 2.45) is 5.41 Å². The number of fused-ring (bicyclic) bond motifs is 1. The van der Waals surface area contributed by atoms with Crippen molar-refractivity contribution >= 4 is 6.03 Å². The van der Waals surface area contributed by atoms with Gasteiger partial charge >= 0.3 is 6.03 Å². The lowest BCUT2D eigenvalue weighted by atomic mass is 9.87. The lowest BCUT2D eigenvalue weighted by Gasteiger charge is -2.32. The molecular weight excluding hydrogens is 278 g/mol. The van der Waals surface area contributed by atoms with Gasteiger partial charge < -0.3 is 10.2 Å². The van der Waals surface area contributed by atoms with E-state index in [4.69, 9.17) is 0 Å². The van der Waals surface area contributed by atoms with Crippen molar-refractivity contribution in [1.82, 2.24) is 25.0 Å². The smallest absolute Gasteiger partial charge is 0.317 e. The number of hydrogen-bond donors (Lipinski definition) is 1. The molecule has 22 heavy (non-hydrogen) atoms. The number of amides is 2. The third kappa shape index (κ3) is 3.42. The van der Waals surface area contributed by atoms with Gasteiger partial charge in [0.25, 0.3) is 0 Å². The monoisotopic (exact) mass is 305 g/mol. The molecule has 2 unspecified atom stereocenters. The van der Waals surface area contributed by atoms with Crippen LogP contribution in [0, 0.1) is 5.41 Å². The molecule has 0 bridgehead atoms. The molecule has 2 amide bonds. The molecule has 0 aromatic carbocycles. The maximum atomic E-state index is 12.6. The van der Waals surface area contributed by atoms with Crippen LogP contribution < -0.4 is 5.32 Å². The first-order valence-electron chi connectivity index (χ1n) is 8.36. The van der Waals surface area contributed by atoms with Crippen LogP contribution in [0.2, 0.25) is 0 Å². The number of aromatic nitrogens is 3. The summed E-state index contributed by atoms with van der Waals surface area (Å²) in [7, 11) is 0. The highest BCUT2D eigenvalue weighted by Crippen LogP contribution is 2.30. The van der Waals surface area contributed by atoms with Crippen molar-refractivity contribution in [3.05, 3.63) is 12.2 Å². The minimum Gasteiger partial charge on any atom is -0.333 e. The normalized spacial score (nSPS) is 25.1. The molecule has 1 aromatic heterocycles. The lowest BCUT2D eigenvalue weighted by molar-refractivity contribution is 0.168. The Kier molecular flexibility index (Phi) is 4.10. The van der Waals surface area contributed by atoms with E-state index in [9.17, 15) is 4.79 Å². The van der Waals surface area contributed by atoms with Gasteiger partial charge in [0.05, 0.1) is 12.6 Å². The van der Waals surface area contributed by atoms with Crippen LogP contribution >= 0.6 is 0 Å². The molecule has 2 aliphatic heterocycles. The van der Waals surface area contributed by atoms with Gasteiger partial charge in [-0.25, -0.2) is 14.5 Å². The van der Waals surface area contributed by atoms with Gasteiger partial charge in [0.15, 0.2) is 0 Å². The van der Waals surface area contributed by atoms with Crippen molar-refractivity contribution in [1.29, 1.82) is 0 Å². The average molecular weight is 305 g/mol. The van der Waals surface area contributed by atoms with Gasteiger partial charge in [0, 0.05) is 19.0 Å². The minimum atomic E-state index is 0.0975. The van der Waals surface area contributed by atoms with Gasteiger partial charge in [-0.3, -0.25) is 0 Å². The number of nitrogens with zero attached hydrogens (tertiary/aromatic N) is 4. The first-order chi connectivity index (χ1) is 10.4. The molecule has 3 rings (SSSR count). The van der Waals surface area contributed by atoms with Crippen molar-refractivity contribution in [2.45, 2.75) is 71.5 Å². The molecule has 2 aliphatic rings. The summed E-state index contributed by atoms with van der Waals surface area (Å²) in [6.07, 6.45) is 6.74. The van der Waals surface area contributed by atoms with Crippen molar-refractivity contribution in [3.8, 4) is 0 Å². The third-order valence-corrected chi connectivity index (χ3v) is 4.62. The summed E-state index contributed by atoms with van der Waals surface area (Å²) >= 11 is 0. The molecule has 1 aromatic rings.